The standard InChI is InChI=1S/C19H25N3O3/c1-13-8-6-7-11-19(13)17(24)22(18(25)21-19)12-16(23)20-14(2)15-9-4-3-5-10-15/h3-5,9-10,13-14H,6-8,11-12H2,1-2H3,(H,20,23)(H,21,25)/t13-,14-,19-/m0/s1. The Labute approximate surface area is 148 Å². The molecule has 3 atom stereocenters. The summed E-state index contributed by atoms with van der Waals surface area (Å²) in [6.07, 6.45) is 3.55. The van der Waals surface area contributed by atoms with Crippen LogP contribution in [0.2, 0.25) is 0 Å². The predicted molar refractivity (Wildman–Crippen MR) is 93.6 cm³/mol. The normalized spacial score (nSPS) is 27.3. The summed E-state index contributed by atoms with van der Waals surface area (Å²) < 4.78 is 0. The van der Waals surface area contributed by atoms with Crippen molar-refractivity contribution in [2.45, 2.75) is 51.1 Å². The number of hydrogen-bond acceptors (Lipinski definition) is 3. The third kappa shape index (κ3) is 3.25. The molecule has 25 heavy (non-hydrogen) atoms. The fraction of sp³-hybridized carbons (Fsp3) is 0.526. The number of amides is 4. The van der Waals surface area contributed by atoms with Crippen molar-refractivity contribution in [2.75, 3.05) is 6.54 Å². The Kier molecular flexibility index (Phi) is 4.79. The van der Waals surface area contributed by atoms with Gasteiger partial charge in [0.25, 0.3) is 5.91 Å². The number of benzene rings is 1. The van der Waals surface area contributed by atoms with Gasteiger partial charge >= 0.3 is 6.03 Å². The molecule has 0 aromatic heterocycles. The fourth-order valence-electron chi connectivity index (χ4n) is 3.89. The van der Waals surface area contributed by atoms with Crippen molar-refractivity contribution in [3.8, 4) is 0 Å². The maximum Gasteiger partial charge on any atom is 0.325 e. The molecule has 0 bridgehead atoms. The highest BCUT2D eigenvalue weighted by Crippen LogP contribution is 2.38. The van der Waals surface area contributed by atoms with E-state index in [0.29, 0.717) is 6.42 Å². The van der Waals surface area contributed by atoms with Gasteiger partial charge in [-0.3, -0.25) is 14.5 Å². The van der Waals surface area contributed by atoms with Gasteiger partial charge in [0.05, 0.1) is 6.04 Å². The molecule has 1 spiro atoms. The van der Waals surface area contributed by atoms with Gasteiger partial charge in [0.2, 0.25) is 5.91 Å². The lowest BCUT2D eigenvalue weighted by molar-refractivity contribution is -0.137. The lowest BCUT2D eigenvalue weighted by atomic mass is 9.73. The number of carbonyl (C=O) groups excluding carboxylic acids is 3. The molecule has 1 saturated heterocycles. The molecule has 1 aliphatic carbocycles. The first-order valence-electron chi connectivity index (χ1n) is 8.92. The topological polar surface area (TPSA) is 78.5 Å². The first kappa shape index (κ1) is 17.5. The van der Waals surface area contributed by atoms with Gasteiger partial charge in [-0.1, -0.05) is 50.1 Å². The molecule has 0 radical (unpaired) electrons. The van der Waals surface area contributed by atoms with Crippen LogP contribution in [0.3, 0.4) is 0 Å². The zero-order valence-electron chi connectivity index (χ0n) is 14.7. The van der Waals surface area contributed by atoms with Crippen LogP contribution >= 0.6 is 0 Å². The minimum atomic E-state index is -0.819. The Hall–Kier alpha value is -2.37. The molecule has 6 heteroatoms. The Balaban J connectivity index is 1.65. The first-order valence-corrected chi connectivity index (χ1v) is 8.92. The van der Waals surface area contributed by atoms with Crippen molar-refractivity contribution >= 4 is 17.8 Å². The molecule has 2 aliphatic rings. The van der Waals surface area contributed by atoms with Gasteiger partial charge in [0, 0.05) is 0 Å². The number of nitrogens with one attached hydrogen (secondary N) is 2. The predicted octanol–water partition coefficient (Wildman–Crippen LogP) is 2.36. The minimum Gasteiger partial charge on any atom is -0.348 e. The number of hydrogen-bond donors (Lipinski definition) is 2. The van der Waals surface area contributed by atoms with Crippen molar-refractivity contribution in [2.24, 2.45) is 5.92 Å². The average Bonchev–Trinajstić information content (AvgIpc) is 2.83. The largest absolute Gasteiger partial charge is 0.348 e. The SMILES string of the molecule is C[C@H](NC(=O)CN1C(=O)N[C@]2(CCCC[C@@H]2C)C1=O)c1ccccc1. The molecule has 0 unspecified atom stereocenters. The van der Waals surface area contributed by atoms with Gasteiger partial charge in [-0.2, -0.15) is 0 Å². The van der Waals surface area contributed by atoms with Crippen molar-refractivity contribution in [1.82, 2.24) is 15.5 Å². The van der Waals surface area contributed by atoms with E-state index in [1.165, 1.54) is 0 Å². The monoisotopic (exact) mass is 343 g/mol. The van der Waals surface area contributed by atoms with Crippen LogP contribution in [-0.2, 0) is 9.59 Å². The number of urea groups is 1. The first-order chi connectivity index (χ1) is 11.9. The van der Waals surface area contributed by atoms with Gasteiger partial charge in [-0.05, 0) is 31.2 Å². The second kappa shape index (κ2) is 6.86. The summed E-state index contributed by atoms with van der Waals surface area (Å²) in [5.74, 6) is -0.499. The van der Waals surface area contributed by atoms with Crippen LogP contribution < -0.4 is 10.6 Å². The molecule has 2 fully saturated rings. The minimum absolute atomic E-state index is 0.0917. The summed E-state index contributed by atoms with van der Waals surface area (Å²) in [6.45, 7) is 3.64. The maximum atomic E-state index is 12.9. The molecule has 2 N–H and O–H groups in total. The van der Waals surface area contributed by atoms with Crippen LogP contribution in [0, 0.1) is 5.92 Å². The molecule has 1 aromatic carbocycles. The van der Waals surface area contributed by atoms with Crippen molar-refractivity contribution in [3.63, 3.8) is 0 Å². The highest BCUT2D eigenvalue weighted by atomic mass is 16.2. The molecular formula is C19H25N3O3. The Bertz CT molecular complexity index is 676. The molecule has 1 aromatic rings. The Morgan fingerprint density at radius 2 is 2.04 bits per heavy atom. The second-order valence-corrected chi connectivity index (χ2v) is 7.14. The number of nitrogens with zero attached hydrogens (tertiary/aromatic N) is 1. The van der Waals surface area contributed by atoms with E-state index in [1.54, 1.807) is 0 Å². The summed E-state index contributed by atoms with van der Waals surface area (Å²) in [5, 5.41) is 5.72. The summed E-state index contributed by atoms with van der Waals surface area (Å²) in [4.78, 5) is 38.6. The highest BCUT2D eigenvalue weighted by molar-refractivity contribution is 6.09. The molecule has 1 heterocycles. The zero-order chi connectivity index (χ0) is 18.0. The van der Waals surface area contributed by atoms with Gasteiger partial charge in [-0.25, -0.2) is 4.79 Å². The van der Waals surface area contributed by atoms with Crippen LogP contribution in [0.25, 0.3) is 0 Å². The summed E-state index contributed by atoms with van der Waals surface area (Å²) in [7, 11) is 0. The van der Waals surface area contributed by atoms with Gasteiger partial charge in [0.15, 0.2) is 0 Å². The van der Waals surface area contributed by atoms with Crippen molar-refractivity contribution in [3.05, 3.63) is 35.9 Å². The summed E-state index contributed by atoms with van der Waals surface area (Å²) >= 11 is 0. The van der Waals surface area contributed by atoms with E-state index < -0.39 is 11.6 Å². The van der Waals surface area contributed by atoms with E-state index in [0.717, 1.165) is 29.7 Å². The number of rotatable bonds is 4. The average molecular weight is 343 g/mol. The molecule has 1 saturated carbocycles. The van der Waals surface area contributed by atoms with Gasteiger partial charge in [-0.15, -0.1) is 0 Å². The lowest BCUT2D eigenvalue weighted by Gasteiger charge is -2.36. The van der Waals surface area contributed by atoms with E-state index >= 15 is 0 Å². The van der Waals surface area contributed by atoms with Crippen molar-refractivity contribution in [1.29, 1.82) is 0 Å². The van der Waals surface area contributed by atoms with Crippen LogP contribution in [0.4, 0.5) is 4.79 Å². The summed E-state index contributed by atoms with van der Waals surface area (Å²) in [5.41, 5.74) is 0.158. The smallest absolute Gasteiger partial charge is 0.325 e. The summed E-state index contributed by atoms with van der Waals surface area (Å²) in [6, 6.07) is 8.94. The Morgan fingerprint density at radius 3 is 2.72 bits per heavy atom. The third-order valence-corrected chi connectivity index (χ3v) is 5.48. The van der Waals surface area contributed by atoms with Gasteiger partial charge in [0.1, 0.15) is 12.1 Å². The van der Waals surface area contributed by atoms with Crippen LogP contribution in [0.1, 0.15) is 51.1 Å². The van der Waals surface area contributed by atoms with Crippen LogP contribution in [-0.4, -0.2) is 34.8 Å². The lowest BCUT2D eigenvalue weighted by Crippen LogP contribution is -2.54. The van der Waals surface area contributed by atoms with E-state index in [4.69, 9.17) is 0 Å². The van der Waals surface area contributed by atoms with Gasteiger partial charge < -0.3 is 10.6 Å². The molecule has 6 nitrogen and oxygen atoms in total. The van der Waals surface area contributed by atoms with E-state index in [1.807, 2.05) is 44.2 Å². The number of carbonyl (C=O) groups is 3. The second-order valence-electron chi connectivity index (χ2n) is 7.14. The number of imide groups is 1. The molecule has 134 valence electrons. The highest BCUT2D eigenvalue weighted by Gasteiger charge is 2.55. The molecule has 4 amide bonds. The molecule has 1 aliphatic heterocycles. The van der Waals surface area contributed by atoms with Crippen LogP contribution in [0.15, 0.2) is 30.3 Å². The quantitative estimate of drug-likeness (QED) is 0.824. The Morgan fingerprint density at radius 1 is 1.32 bits per heavy atom. The third-order valence-electron chi connectivity index (χ3n) is 5.48. The van der Waals surface area contributed by atoms with Crippen molar-refractivity contribution < 1.29 is 14.4 Å². The maximum absolute atomic E-state index is 12.9. The van der Waals surface area contributed by atoms with E-state index in [-0.39, 0.29) is 30.3 Å². The fourth-order valence-corrected chi connectivity index (χ4v) is 3.89. The zero-order valence-corrected chi connectivity index (χ0v) is 14.7. The molecular weight excluding hydrogens is 318 g/mol. The van der Waals surface area contributed by atoms with E-state index in [2.05, 4.69) is 10.6 Å². The molecule has 3 rings (SSSR count). The van der Waals surface area contributed by atoms with Crippen LogP contribution in [0.5, 0.6) is 0 Å². The van der Waals surface area contributed by atoms with E-state index in [9.17, 15) is 14.4 Å².